The molecule has 0 aromatic heterocycles. The van der Waals surface area contributed by atoms with Crippen molar-refractivity contribution < 1.29 is 4.79 Å². The van der Waals surface area contributed by atoms with Crippen LogP contribution in [0, 0.1) is 5.41 Å². The average Bonchev–Trinajstić information content (AvgIpc) is 2.03. The van der Waals surface area contributed by atoms with Gasteiger partial charge in [0.2, 0.25) is 5.91 Å². The van der Waals surface area contributed by atoms with Crippen LogP contribution < -0.4 is 10.6 Å². The van der Waals surface area contributed by atoms with E-state index in [0.29, 0.717) is 11.9 Å². The van der Waals surface area contributed by atoms with E-state index in [1.807, 2.05) is 7.05 Å². The Morgan fingerprint density at radius 3 is 2.43 bits per heavy atom. The van der Waals surface area contributed by atoms with Crippen molar-refractivity contribution in [3.8, 4) is 0 Å². The van der Waals surface area contributed by atoms with E-state index in [0.717, 1.165) is 19.4 Å². The van der Waals surface area contributed by atoms with Crippen LogP contribution in [0.15, 0.2) is 0 Å². The Morgan fingerprint density at radius 1 is 1.36 bits per heavy atom. The molecule has 1 amide bonds. The van der Waals surface area contributed by atoms with Gasteiger partial charge in [0.25, 0.3) is 0 Å². The third-order valence-corrected chi connectivity index (χ3v) is 3.75. The highest BCUT2D eigenvalue weighted by molar-refractivity contribution is 5.84. The van der Waals surface area contributed by atoms with Gasteiger partial charge in [-0.1, -0.05) is 6.42 Å². The highest BCUT2D eigenvalue weighted by Gasteiger charge is 2.44. The van der Waals surface area contributed by atoms with Crippen molar-refractivity contribution in [2.24, 2.45) is 5.41 Å². The maximum Gasteiger partial charge on any atom is 0.227 e. The summed E-state index contributed by atoms with van der Waals surface area (Å²) in [5.41, 5.74) is -0.0651. The third-order valence-electron chi connectivity index (χ3n) is 3.75. The van der Waals surface area contributed by atoms with Gasteiger partial charge in [-0.2, -0.15) is 0 Å². The van der Waals surface area contributed by atoms with E-state index in [1.165, 1.54) is 25.7 Å². The number of nitrogens with one attached hydrogen (secondary N) is 2. The first-order valence-electron chi connectivity index (χ1n) is 5.72. The molecule has 0 radical (unpaired) electrons. The Balaban J connectivity index is 1.86. The SMILES string of the molecule is CNCC1(C(=O)NC2CCC2)CCC1. The lowest BCUT2D eigenvalue weighted by molar-refractivity contribution is -0.137. The van der Waals surface area contributed by atoms with Crippen LogP contribution in [0.2, 0.25) is 0 Å². The zero-order valence-electron chi connectivity index (χ0n) is 8.94. The van der Waals surface area contributed by atoms with Crippen molar-refractivity contribution in [1.29, 1.82) is 0 Å². The number of hydrogen-bond acceptors (Lipinski definition) is 2. The molecular weight excluding hydrogens is 176 g/mol. The number of carbonyl (C=O) groups excluding carboxylic acids is 1. The molecule has 2 aliphatic rings. The van der Waals surface area contributed by atoms with Crippen LogP contribution in [0.25, 0.3) is 0 Å². The zero-order valence-corrected chi connectivity index (χ0v) is 8.94. The summed E-state index contributed by atoms with van der Waals surface area (Å²) in [5, 5.41) is 6.30. The van der Waals surface area contributed by atoms with E-state index in [-0.39, 0.29) is 5.41 Å². The van der Waals surface area contributed by atoms with Gasteiger partial charge < -0.3 is 10.6 Å². The minimum Gasteiger partial charge on any atom is -0.353 e. The van der Waals surface area contributed by atoms with Crippen LogP contribution in [-0.2, 0) is 4.79 Å². The molecule has 0 aromatic carbocycles. The van der Waals surface area contributed by atoms with Crippen molar-refractivity contribution in [1.82, 2.24) is 10.6 Å². The number of hydrogen-bond donors (Lipinski definition) is 2. The predicted octanol–water partition coefficient (Wildman–Crippen LogP) is 1.04. The molecular formula is C11H20N2O. The standard InChI is InChI=1S/C11H20N2O/c1-12-8-11(6-3-7-11)10(14)13-9-4-2-5-9/h9,12H,2-8H2,1H3,(H,13,14). The predicted molar refractivity (Wildman–Crippen MR) is 56.0 cm³/mol. The molecule has 2 saturated carbocycles. The van der Waals surface area contributed by atoms with Crippen LogP contribution in [0.5, 0.6) is 0 Å². The van der Waals surface area contributed by atoms with E-state index in [4.69, 9.17) is 0 Å². The molecule has 3 heteroatoms. The van der Waals surface area contributed by atoms with Crippen LogP contribution in [0.4, 0.5) is 0 Å². The zero-order chi connectivity index (χ0) is 10.0. The van der Waals surface area contributed by atoms with Gasteiger partial charge in [0, 0.05) is 12.6 Å². The summed E-state index contributed by atoms with van der Waals surface area (Å²) < 4.78 is 0. The first kappa shape index (κ1) is 9.97. The molecule has 0 atom stereocenters. The topological polar surface area (TPSA) is 41.1 Å². The first-order valence-corrected chi connectivity index (χ1v) is 5.72. The monoisotopic (exact) mass is 196 g/mol. The molecule has 0 aliphatic heterocycles. The van der Waals surface area contributed by atoms with Gasteiger partial charge in [0.1, 0.15) is 0 Å². The normalized spacial score (nSPS) is 24.9. The molecule has 0 aromatic rings. The van der Waals surface area contributed by atoms with Crippen molar-refractivity contribution in [3.63, 3.8) is 0 Å². The highest BCUT2D eigenvalue weighted by Crippen LogP contribution is 2.41. The smallest absolute Gasteiger partial charge is 0.227 e. The molecule has 2 rings (SSSR count). The molecule has 0 spiro atoms. The molecule has 14 heavy (non-hydrogen) atoms. The second-order valence-electron chi connectivity index (χ2n) is 4.77. The van der Waals surface area contributed by atoms with E-state index in [1.54, 1.807) is 0 Å². The van der Waals surface area contributed by atoms with Gasteiger partial charge in [-0.15, -0.1) is 0 Å². The lowest BCUT2D eigenvalue weighted by Gasteiger charge is -2.42. The fourth-order valence-corrected chi connectivity index (χ4v) is 2.32. The largest absolute Gasteiger partial charge is 0.353 e. The summed E-state index contributed by atoms with van der Waals surface area (Å²) >= 11 is 0. The lowest BCUT2D eigenvalue weighted by atomic mass is 9.67. The quantitative estimate of drug-likeness (QED) is 0.705. The molecule has 80 valence electrons. The molecule has 0 heterocycles. The Bertz CT molecular complexity index is 219. The lowest BCUT2D eigenvalue weighted by Crippen LogP contribution is -2.54. The Kier molecular flexibility index (Phi) is 2.77. The molecule has 0 bridgehead atoms. The van der Waals surface area contributed by atoms with Crippen molar-refractivity contribution in [2.75, 3.05) is 13.6 Å². The van der Waals surface area contributed by atoms with E-state index in [9.17, 15) is 4.79 Å². The Hall–Kier alpha value is -0.570. The second-order valence-corrected chi connectivity index (χ2v) is 4.77. The van der Waals surface area contributed by atoms with Crippen LogP contribution in [0.1, 0.15) is 38.5 Å². The number of amides is 1. The van der Waals surface area contributed by atoms with Gasteiger partial charge in [-0.05, 0) is 39.2 Å². The van der Waals surface area contributed by atoms with E-state index < -0.39 is 0 Å². The van der Waals surface area contributed by atoms with Crippen LogP contribution in [-0.4, -0.2) is 25.5 Å². The van der Waals surface area contributed by atoms with Crippen LogP contribution in [0.3, 0.4) is 0 Å². The maximum absolute atomic E-state index is 12.0. The fraction of sp³-hybridized carbons (Fsp3) is 0.909. The Morgan fingerprint density at radius 2 is 2.07 bits per heavy atom. The van der Waals surface area contributed by atoms with Crippen molar-refractivity contribution >= 4 is 5.91 Å². The molecule has 3 nitrogen and oxygen atoms in total. The minimum absolute atomic E-state index is 0.0651. The summed E-state index contributed by atoms with van der Waals surface area (Å²) in [5.74, 6) is 0.294. The summed E-state index contributed by atoms with van der Waals surface area (Å²) in [6.45, 7) is 0.839. The van der Waals surface area contributed by atoms with Crippen molar-refractivity contribution in [2.45, 2.75) is 44.6 Å². The van der Waals surface area contributed by atoms with Gasteiger partial charge >= 0.3 is 0 Å². The maximum atomic E-state index is 12.0. The van der Waals surface area contributed by atoms with E-state index in [2.05, 4.69) is 10.6 Å². The first-order chi connectivity index (χ1) is 6.77. The van der Waals surface area contributed by atoms with Gasteiger partial charge in [-0.3, -0.25) is 4.79 Å². The molecule has 2 N–H and O–H groups in total. The van der Waals surface area contributed by atoms with Gasteiger partial charge in [0.15, 0.2) is 0 Å². The molecule has 0 saturated heterocycles. The molecule has 0 unspecified atom stereocenters. The van der Waals surface area contributed by atoms with Gasteiger partial charge in [-0.25, -0.2) is 0 Å². The van der Waals surface area contributed by atoms with Crippen LogP contribution >= 0.6 is 0 Å². The summed E-state index contributed by atoms with van der Waals surface area (Å²) in [7, 11) is 1.93. The highest BCUT2D eigenvalue weighted by atomic mass is 16.2. The molecule has 2 fully saturated rings. The molecule has 2 aliphatic carbocycles. The van der Waals surface area contributed by atoms with E-state index >= 15 is 0 Å². The number of rotatable bonds is 4. The Labute approximate surface area is 85.6 Å². The summed E-state index contributed by atoms with van der Waals surface area (Å²) in [6, 6.07) is 0.483. The van der Waals surface area contributed by atoms with Gasteiger partial charge in [0.05, 0.1) is 5.41 Å². The third kappa shape index (κ3) is 1.65. The second kappa shape index (κ2) is 3.89. The number of carbonyl (C=O) groups is 1. The van der Waals surface area contributed by atoms with Crippen molar-refractivity contribution in [3.05, 3.63) is 0 Å². The summed E-state index contributed by atoms with van der Waals surface area (Å²) in [6.07, 6.45) is 6.98. The fourth-order valence-electron chi connectivity index (χ4n) is 2.32. The minimum atomic E-state index is -0.0651. The summed E-state index contributed by atoms with van der Waals surface area (Å²) in [4.78, 5) is 12.0. The average molecular weight is 196 g/mol.